The number of thiocarbonyl (C=S) groups is 1. The van der Waals surface area contributed by atoms with Crippen LogP contribution in [-0.2, 0) is 4.74 Å². The molecule has 0 aromatic heterocycles. The Morgan fingerprint density at radius 1 is 1.16 bits per heavy atom. The van der Waals surface area contributed by atoms with Crippen molar-refractivity contribution in [1.82, 2.24) is 15.5 Å². The molecule has 0 radical (unpaired) electrons. The molecule has 0 saturated carbocycles. The maximum atomic E-state index is 11.8. The Morgan fingerprint density at radius 2 is 1.72 bits per heavy atom. The van der Waals surface area contributed by atoms with Crippen LogP contribution in [0.15, 0.2) is 24.3 Å². The summed E-state index contributed by atoms with van der Waals surface area (Å²) >= 11 is 22.7. The number of anilines is 1. The lowest BCUT2D eigenvalue weighted by Gasteiger charge is -2.28. The zero-order chi connectivity index (χ0) is 19.2. The Balaban J connectivity index is 2.74. The summed E-state index contributed by atoms with van der Waals surface area (Å²) in [5.74, 6) is -0.449. The van der Waals surface area contributed by atoms with Crippen LogP contribution in [-0.4, -0.2) is 53.2 Å². The van der Waals surface area contributed by atoms with Crippen molar-refractivity contribution in [2.45, 2.75) is 9.96 Å². The maximum Gasteiger partial charge on any atom is 0.337 e. The van der Waals surface area contributed by atoms with Gasteiger partial charge in [0, 0.05) is 19.8 Å². The fourth-order valence-electron chi connectivity index (χ4n) is 1.56. The highest BCUT2D eigenvalue weighted by Crippen LogP contribution is 2.29. The van der Waals surface area contributed by atoms with Crippen molar-refractivity contribution >= 4 is 69.8 Å². The van der Waals surface area contributed by atoms with Crippen LogP contribution in [0, 0.1) is 0 Å². The Kier molecular flexibility index (Phi) is 8.01. The second-order valence-electron chi connectivity index (χ2n) is 4.99. The molecule has 1 atom stereocenters. The van der Waals surface area contributed by atoms with E-state index in [0.717, 1.165) is 0 Å². The number of halogens is 3. The van der Waals surface area contributed by atoms with E-state index in [1.54, 1.807) is 38.4 Å². The van der Waals surface area contributed by atoms with Crippen LogP contribution in [0.2, 0.25) is 0 Å². The molecular formula is C14H17Cl3N4O3S. The summed E-state index contributed by atoms with van der Waals surface area (Å²) in [5, 5.41) is 8.18. The first-order valence-corrected chi connectivity index (χ1v) is 8.39. The van der Waals surface area contributed by atoms with Gasteiger partial charge in [0.25, 0.3) is 0 Å². The number of amides is 2. The molecule has 11 heteroatoms. The van der Waals surface area contributed by atoms with Crippen molar-refractivity contribution < 1.29 is 14.3 Å². The highest BCUT2D eigenvalue weighted by molar-refractivity contribution is 7.80. The molecule has 2 amide bonds. The first kappa shape index (κ1) is 21.6. The van der Waals surface area contributed by atoms with E-state index in [0.29, 0.717) is 11.3 Å². The minimum Gasteiger partial charge on any atom is -0.465 e. The zero-order valence-electron chi connectivity index (χ0n) is 13.6. The molecule has 0 saturated heterocycles. The number of rotatable bonds is 4. The van der Waals surface area contributed by atoms with Crippen LogP contribution in [0.1, 0.15) is 10.4 Å². The fourth-order valence-corrected chi connectivity index (χ4v) is 2.12. The van der Waals surface area contributed by atoms with Gasteiger partial charge in [-0.05, 0) is 36.5 Å². The maximum absolute atomic E-state index is 11.8. The van der Waals surface area contributed by atoms with Crippen molar-refractivity contribution in [3.05, 3.63) is 29.8 Å². The summed E-state index contributed by atoms with van der Waals surface area (Å²) < 4.78 is 2.78. The second kappa shape index (κ2) is 9.28. The van der Waals surface area contributed by atoms with Gasteiger partial charge in [-0.1, -0.05) is 34.8 Å². The van der Waals surface area contributed by atoms with Gasteiger partial charge in [-0.3, -0.25) is 0 Å². The number of hydrogen-bond acceptors (Lipinski definition) is 4. The van der Waals surface area contributed by atoms with E-state index in [2.05, 4.69) is 20.7 Å². The summed E-state index contributed by atoms with van der Waals surface area (Å²) in [4.78, 5) is 24.4. The number of methoxy groups -OCH3 is 1. The van der Waals surface area contributed by atoms with Crippen LogP contribution >= 0.6 is 47.0 Å². The first-order valence-electron chi connectivity index (χ1n) is 6.85. The molecule has 0 bridgehead atoms. The highest BCUT2D eigenvalue weighted by Gasteiger charge is 2.35. The van der Waals surface area contributed by atoms with Gasteiger partial charge in [-0.25, -0.2) is 9.59 Å². The SMILES string of the molecule is COC(=O)c1ccc(NC(=S)NC(NC(=O)N(C)C)C(Cl)(Cl)Cl)cc1. The number of esters is 1. The summed E-state index contributed by atoms with van der Waals surface area (Å²) in [5.41, 5.74) is 0.983. The van der Waals surface area contributed by atoms with Gasteiger partial charge in [0.05, 0.1) is 12.7 Å². The lowest BCUT2D eigenvalue weighted by molar-refractivity contribution is 0.0600. The third-order valence-electron chi connectivity index (χ3n) is 2.84. The molecule has 1 rings (SSSR count). The summed E-state index contributed by atoms with van der Waals surface area (Å²) in [6, 6.07) is 5.93. The molecule has 7 nitrogen and oxygen atoms in total. The Hall–Kier alpha value is -1.48. The predicted octanol–water partition coefficient (Wildman–Crippen LogP) is 2.73. The second-order valence-corrected chi connectivity index (χ2v) is 7.76. The van der Waals surface area contributed by atoms with E-state index in [9.17, 15) is 9.59 Å². The van der Waals surface area contributed by atoms with Gasteiger partial charge >= 0.3 is 12.0 Å². The Morgan fingerprint density at radius 3 is 2.16 bits per heavy atom. The average Bonchev–Trinajstić information content (AvgIpc) is 2.53. The molecule has 0 spiro atoms. The largest absolute Gasteiger partial charge is 0.465 e. The highest BCUT2D eigenvalue weighted by atomic mass is 35.6. The zero-order valence-corrected chi connectivity index (χ0v) is 16.7. The van der Waals surface area contributed by atoms with Crippen LogP contribution in [0.3, 0.4) is 0 Å². The van der Waals surface area contributed by atoms with E-state index in [-0.39, 0.29) is 5.11 Å². The van der Waals surface area contributed by atoms with Crippen LogP contribution in [0.25, 0.3) is 0 Å². The molecule has 0 aliphatic rings. The van der Waals surface area contributed by atoms with Crippen LogP contribution in [0.4, 0.5) is 10.5 Å². The molecule has 0 aliphatic carbocycles. The van der Waals surface area contributed by atoms with E-state index in [1.807, 2.05) is 0 Å². The van der Waals surface area contributed by atoms with Gasteiger partial charge < -0.3 is 25.6 Å². The molecule has 0 fully saturated rings. The van der Waals surface area contributed by atoms with Gasteiger partial charge in [0.2, 0.25) is 3.79 Å². The van der Waals surface area contributed by atoms with Crippen LogP contribution in [0.5, 0.6) is 0 Å². The normalized spacial score (nSPS) is 11.9. The summed E-state index contributed by atoms with van der Waals surface area (Å²) in [7, 11) is 4.39. The number of hydrogen-bond donors (Lipinski definition) is 3. The number of alkyl halides is 3. The van der Waals surface area contributed by atoms with Crippen LogP contribution < -0.4 is 16.0 Å². The van der Waals surface area contributed by atoms with Crippen molar-refractivity contribution in [2.75, 3.05) is 26.5 Å². The van der Waals surface area contributed by atoms with Crippen molar-refractivity contribution in [1.29, 1.82) is 0 Å². The molecule has 1 aromatic rings. The summed E-state index contributed by atoms with van der Waals surface area (Å²) in [6.45, 7) is 0. The molecule has 138 valence electrons. The van der Waals surface area contributed by atoms with Gasteiger partial charge in [-0.2, -0.15) is 0 Å². The summed E-state index contributed by atoms with van der Waals surface area (Å²) in [6.07, 6.45) is -1.07. The predicted molar refractivity (Wildman–Crippen MR) is 103 cm³/mol. The molecule has 0 aliphatic heterocycles. The number of nitrogens with zero attached hydrogens (tertiary/aromatic N) is 1. The number of urea groups is 1. The third-order valence-corrected chi connectivity index (χ3v) is 3.72. The molecule has 1 unspecified atom stereocenters. The molecule has 25 heavy (non-hydrogen) atoms. The van der Waals surface area contributed by atoms with Gasteiger partial charge in [0.15, 0.2) is 11.3 Å². The van der Waals surface area contributed by atoms with E-state index in [1.165, 1.54) is 12.0 Å². The van der Waals surface area contributed by atoms with E-state index >= 15 is 0 Å². The first-order chi connectivity index (χ1) is 11.5. The lowest BCUT2D eigenvalue weighted by Crippen LogP contribution is -2.57. The third kappa shape index (κ3) is 7.11. The standard InChI is InChI=1S/C14H17Cl3N4O3S/c1-21(2)13(23)20-11(14(15,16)17)19-12(25)18-9-6-4-8(5-7-9)10(22)24-3/h4-7,11H,1-3H3,(H,20,23)(H2,18,19,25). The van der Waals surface area contributed by atoms with E-state index in [4.69, 9.17) is 47.0 Å². The fraction of sp³-hybridized carbons (Fsp3) is 0.357. The monoisotopic (exact) mass is 426 g/mol. The number of carbonyl (C=O) groups excluding carboxylic acids is 2. The molecule has 0 heterocycles. The van der Waals surface area contributed by atoms with Crippen molar-refractivity contribution in [3.8, 4) is 0 Å². The van der Waals surface area contributed by atoms with Crippen molar-refractivity contribution in [3.63, 3.8) is 0 Å². The van der Waals surface area contributed by atoms with Gasteiger partial charge in [-0.15, -0.1) is 0 Å². The molecular weight excluding hydrogens is 411 g/mol. The molecule has 1 aromatic carbocycles. The average molecular weight is 428 g/mol. The topological polar surface area (TPSA) is 82.7 Å². The van der Waals surface area contributed by atoms with Gasteiger partial charge in [0.1, 0.15) is 0 Å². The minimum atomic E-state index is -1.84. The number of carbonyl (C=O) groups is 2. The van der Waals surface area contributed by atoms with E-state index < -0.39 is 22.0 Å². The minimum absolute atomic E-state index is 0.112. The molecule has 3 N–H and O–H groups in total. The number of nitrogens with one attached hydrogen (secondary N) is 3. The Bertz CT molecular complexity index is 635. The Labute approximate surface area is 165 Å². The number of ether oxygens (including phenoxy) is 1. The number of benzene rings is 1. The lowest BCUT2D eigenvalue weighted by atomic mass is 10.2. The quantitative estimate of drug-likeness (QED) is 0.297. The van der Waals surface area contributed by atoms with Crippen molar-refractivity contribution in [2.24, 2.45) is 0 Å². The smallest absolute Gasteiger partial charge is 0.337 e.